The molecule has 1 rings (SSSR count). The molecule has 0 bridgehead atoms. The molecule has 0 spiro atoms. The molecule has 18 heavy (non-hydrogen) atoms. The van der Waals surface area contributed by atoms with E-state index in [2.05, 4.69) is 28.3 Å². The zero-order valence-electron chi connectivity index (χ0n) is 10.7. The van der Waals surface area contributed by atoms with Gasteiger partial charge in [-0.2, -0.15) is 0 Å². The zero-order chi connectivity index (χ0) is 13.2. The third kappa shape index (κ3) is 5.46. The van der Waals surface area contributed by atoms with Gasteiger partial charge in [0, 0.05) is 12.6 Å². The third-order valence-electron chi connectivity index (χ3n) is 2.52. The van der Waals surface area contributed by atoms with E-state index in [0.29, 0.717) is 6.54 Å². The lowest BCUT2D eigenvalue weighted by Crippen LogP contribution is -2.22. The molecule has 5 heteroatoms. The number of carbonyl (C=O) groups is 2. The predicted molar refractivity (Wildman–Crippen MR) is 70.0 cm³/mol. The highest BCUT2D eigenvalue weighted by molar-refractivity contribution is 6.05. The maximum Gasteiger partial charge on any atom is 0.283 e. The predicted octanol–water partition coefficient (Wildman–Crippen LogP) is 1.27. The molecule has 1 aliphatic rings. The van der Waals surface area contributed by atoms with Gasteiger partial charge in [0.1, 0.15) is 0 Å². The number of nitrogens with zero attached hydrogens (tertiary/aromatic N) is 1. The fraction of sp³-hybridized carbons (Fsp3) is 0.538. The molecule has 0 fully saturated rings. The van der Waals surface area contributed by atoms with Crippen molar-refractivity contribution in [3.8, 4) is 0 Å². The molecular weight excluding hydrogens is 230 g/mol. The van der Waals surface area contributed by atoms with Crippen molar-refractivity contribution < 1.29 is 9.59 Å². The summed E-state index contributed by atoms with van der Waals surface area (Å²) in [5.41, 5.74) is 2.69. The normalized spacial score (nSPS) is 13.2. The van der Waals surface area contributed by atoms with E-state index in [1.807, 2.05) is 0 Å². The molecule has 0 aromatic rings. The van der Waals surface area contributed by atoms with Crippen LogP contribution in [0.1, 0.15) is 39.0 Å². The van der Waals surface area contributed by atoms with E-state index < -0.39 is 0 Å². The van der Waals surface area contributed by atoms with E-state index in [1.165, 1.54) is 31.7 Å². The van der Waals surface area contributed by atoms with Gasteiger partial charge < -0.3 is 10.6 Å². The van der Waals surface area contributed by atoms with Crippen LogP contribution in [-0.2, 0) is 9.59 Å². The number of amides is 2. The van der Waals surface area contributed by atoms with E-state index in [4.69, 9.17) is 0 Å². The van der Waals surface area contributed by atoms with Crippen LogP contribution in [0.25, 0.3) is 0 Å². The molecule has 5 nitrogen and oxygen atoms in total. The summed E-state index contributed by atoms with van der Waals surface area (Å²) in [6.07, 6.45) is 8.27. The summed E-state index contributed by atoms with van der Waals surface area (Å²) < 4.78 is 0. The highest BCUT2D eigenvalue weighted by Gasteiger charge is 2.10. The van der Waals surface area contributed by atoms with Crippen LogP contribution in [0.5, 0.6) is 0 Å². The van der Waals surface area contributed by atoms with E-state index in [9.17, 15) is 9.59 Å². The Hall–Kier alpha value is -1.87. The first-order chi connectivity index (χ1) is 8.74. The summed E-state index contributed by atoms with van der Waals surface area (Å²) in [7, 11) is 0. The lowest BCUT2D eigenvalue weighted by molar-refractivity contribution is -0.116. The van der Waals surface area contributed by atoms with Crippen molar-refractivity contribution in [1.82, 2.24) is 10.6 Å². The van der Waals surface area contributed by atoms with Gasteiger partial charge in [-0.05, 0) is 6.42 Å². The molecular formula is C13H19N3O2. The number of carbonyl (C=O) groups excluding carboxylic acids is 2. The maximum atomic E-state index is 11.4. The number of hydrogen-bond acceptors (Lipinski definition) is 3. The summed E-state index contributed by atoms with van der Waals surface area (Å²) >= 11 is 0. The Balaban J connectivity index is 2.20. The topological polar surface area (TPSA) is 70.6 Å². The fourth-order valence-corrected chi connectivity index (χ4v) is 1.51. The number of rotatable bonds is 7. The monoisotopic (exact) mass is 249 g/mol. The van der Waals surface area contributed by atoms with Crippen molar-refractivity contribution in [2.75, 3.05) is 6.54 Å². The number of nitrogens with one attached hydrogen (secondary N) is 2. The van der Waals surface area contributed by atoms with Crippen LogP contribution in [0, 0.1) is 0 Å². The van der Waals surface area contributed by atoms with Gasteiger partial charge >= 0.3 is 0 Å². The van der Waals surface area contributed by atoms with Crippen LogP contribution < -0.4 is 10.6 Å². The molecule has 0 aliphatic carbocycles. The van der Waals surface area contributed by atoms with Crippen molar-refractivity contribution in [2.45, 2.75) is 39.0 Å². The van der Waals surface area contributed by atoms with Crippen molar-refractivity contribution in [3.05, 3.63) is 17.5 Å². The molecule has 2 N–H and O–H groups in total. The van der Waals surface area contributed by atoms with Crippen LogP contribution in [0.2, 0.25) is 0 Å². The molecule has 0 saturated heterocycles. The second kappa shape index (κ2) is 8.25. The third-order valence-corrected chi connectivity index (χ3v) is 2.52. The van der Waals surface area contributed by atoms with E-state index in [0.717, 1.165) is 12.8 Å². The largest absolute Gasteiger partial charge is 0.352 e. The molecule has 1 aliphatic heterocycles. The number of hydrogen-bond donors (Lipinski definition) is 2. The molecule has 1 heterocycles. The van der Waals surface area contributed by atoms with Crippen molar-refractivity contribution in [1.29, 1.82) is 0 Å². The lowest BCUT2D eigenvalue weighted by Gasteiger charge is -2.01. The summed E-state index contributed by atoms with van der Waals surface area (Å²) in [5.74, 6) is -0.577. The van der Waals surface area contributed by atoms with Crippen molar-refractivity contribution in [2.24, 2.45) is 4.99 Å². The molecule has 2 amide bonds. The minimum Gasteiger partial charge on any atom is -0.352 e. The number of unbranched alkanes of at least 4 members (excludes halogenated alkanes) is 4. The second-order valence-electron chi connectivity index (χ2n) is 4.07. The van der Waals surface area contributed by atoms with Crippen LogP contribution in [-0.4, -0.2) is 24.7 Å². The van der Waals surface area contributed by atoms with Crippen LogP contribution in [0.3, 0.4) is 0 Å². The van der Waals surface area contributed by atoms with E-state index in [1.54, 1.807) is 0 Å². The van der Waals surface area contributed by atoms with E-state index >= 15 is 0 Å². The van der Waals surface area contributed by atoms with Gasteiger partial charge in [0.05, 0.1) is 6.34 Å². The van der Waals surface area contributed by atoms with Gasteiger partial charge in [0.25, 0.3) is 11.8 Å². The maximum absolute atomic E-state index is 11.4. The smallest absolute Gasteiger partial charge is 0.283 e. The first-order valence-corrected chi connectivity index (χ1v) is 6.32. The van der Waals surface area contributed by atoms with Crippen molar-refractivity contribution >= 4 is 18.2 Å². The summed E-state index contributed by atoms with van der Waals surface area (Å²) in [6.45, 7) is 2.83. The van der Waals surface area contributed by atoms with Gasteiger partial charge in [-0.1, -0.05) is 38.3 Å². The summed E-state index contributed by atoms with van der Waals surface area (Å²) in [5, 5.41) is 5.13. The number of aliphatic imine (C=N–C) groups is 1. The second-order valence-corrected chi connectivity index (χ2v) is 4.07. The zero-order valence-corrected chi connectivity index (χ0v) is 10.7. The summed E-state index contributed by atoms with van der Waals surface area (Å²) in [4.78, 5) is 26.2. The Morgan fingerprint density at radius 3 is 2.89 bits per heavy atom. The SMILES string of the molecule is CCCCCCCNC(=O)C=C=C1N=CNC1=O. The molecule has 0 unspecified atom stereocenters. The van der Waals surface area contributed by atoms with E-state index in [-0.39, 0.29) is 17.5 Å². The quantitative estimate of drug-likeness (QED) is 0.405. The van der Waals surface area contributed by atoms with Gasteiger partial charge in [-0.25, -0.2) is 4.99 Å². The average molecular weight is 249 g/mol. The Morgan fingerprint density at radius 1 is 1.44 bits per heavy atom. The van der Waals surface area contributed by atoms with Gasteiger partial charge in [0.2, 0.25) is 0 Å². The summed E-state index contributed by atoms with van der Waals surface area (Å²) in [6, 6.07) is 0. The highest BCUT2D eigenvalue weighted by Crippen LogP contribution is 2.01. The minimum absolute atomic E-state index is 0.132. The fourth-order valence-electron chi connectivity index (χ4n) is 1.51. The van der Waals surface area contributed by atoms with Gasteiger partial charge in [-0.15, -0.1) is 0 Å². The Kier molecular flexibility index (Phi) is 6.51. The standard InChI is InChI=1S/C13H19N3O2/c1-2-3-4-5-6-9-14-12(17)8-7-11-13(18)16-10-15-11/h8,10H,2-6,9H2,1H3,(H,14,17)(H,15,16,18). The van der Waals surface area contributed by atoms with Crippen LogP contribution in [0.4, 0.5) is 0 Å². The van der Waals surface area contributed by atoms with Crippen LogP contribution in [0.15, 0.2) is 22.5 Å². The molecule has 0 aromatic heterocycles. The van der Waals surface area contributed by atoms with Gasteiger partial charge in [-0.3, -0.25) is 9.59 Å². The lowest BCUT2D eigenvalue weighted by atomic mass is 10.1. The molecule has 0 aromatic carbocycles. The molecule has 0 radical (unpaired) electrons. The van der Waals surface area contributed by atoms with Gasteiger partial charge in [0.15, 0.2) is 5.70 Å². The minimum atomic E-state index is -0.335. The Labute approximate surface area is 107 Å². The first-order valence-electron chi connectivity index (χ1n) is 6.32. The highest BCUT2D eigenvalue weighted by atomic mass is 16.2. The molecule has 0 atom stereocenters. The van der Waals surface area contributed by atoms with Crippen LogP contribution >= 0.6 is 0 Å². The molecule has 98 valence electrons. The Morgan fingerprint density at radius 2 is 2.22 bits per heavy atom. The van der Waals surface area contributed by atoms with Crippen molar-refractivity contribution in [3.63, 3.8) is 0 Å². The average Bonchev–Trinajstić information content (AvgIpc) is 2.77. The Bertz CT molecular complexity index is 393. The first kappa shape index (κ1) is 14.2. The molecule has 0 saturated carbocycles.